The molecule has 208 valence electrons. The molecule has 0 saturated heterocycles. The van der Waals surface area contributed by atoms with Crippen LogP contribution in [0.25, 0.3) is 76.8 Å². The van der Waals surface area contributed by atoms with Gasteiger partial charge in [-0.05, 0) is 91.2 Å². The second-order valence-corrected chi connectivity index (χ2v) is 11.6. The fourth-order valence-electron chi connectivity index (χ4n) is 6.84. The Morgan fingerprint density at radius 3 is 1.39 bits per heavy atom. The molecule has 8 aromatic rings. The molecule has 1 aromatic heterocycles. The molecule has 0 unspecified atom stereocenters. The maximum atomic E-state index is 4.50. The van der Waals surface area contributed by atoms with Gasteiger partial charge in [-0.15, -0.1) is 0 Å². The summed E-state index contributed by atoms with van der Waals surface area (Å²) >= 11 is 0. The van der Waals surface area contributed by atoms with E-state index in [2.05, 4.69) is 158 Å². The standard InChI is InChI=1S/C43H31N/c1-28-17-19-31(20-18-28)34-25-26-41(36-11-4-3-10-35(34)36)43-39-14-7-5-12-37(39)42(38-13-6-8-15-40(38)43)32-23-21-30(22-24-32)33-16-9-27-44-29(33)2/h3-27H,1-2H3. The Hall–Kier alpha value is -5.53. The van der Waals surface area contributed by atoms with Gasteiger partial charge in [-0.25, -0.2) is 0 Å². The van der Waals surface area contributed by atoms with Crippen LogP contribution in [0.1, 0.15) is 11.3 Å². The third-order valence-corrected chi connectivity index (χ3v) is 8.98. The van der Waals surface area contributed by atoms with E-state index < -0.39 is 0 Å². The average Bonchev–Trinajstić information content (AvgIpc) is 3.08. The van der Waals surface area contributed by atoms with Crippen molar-refractivity contribution in [2.24, 2.45) is 0 Å². The summed E-state index contributed by atoms with van der Waals surface area (Å²) in [7, 11) is 0. The van der Waals surface area contributed by atoms with Crippen LogP contribution in [-0.4, -0.2) is 4.98 Å². The van der Waals surface area contributed by atoms with Crippen molar-refractivity contribution in [1.29, 1.82) is 0 Å². The Morgan fingerprint density at radius 1 is 0.341 bits per heavy atom. The molecule has 0 amide bonds. The fourth-order valence-corrected chi connectivity index (χ4v) is 6.84. The predicted molar refractivity (Wildman–Crippen MR) is 188 cm³/mol. The molecule has 44 heavy (non-hydrogen) atoms. The van der Waals surface area contributed by atoms with Gasteiger partial charge in [0.2, 0.25) is 0 Å². The maximum absolute atomic E-state index is 4.50. The number of rotatable bonds is 4. The zero-order chi connectivity index (χ0) is 29.6. The highest BCUT2D eigenvalue weighted by Gasteiger charge is 2.19. The van der Waals surface area contributed by atoms with Crippen LogP contribution in [0.3, 0.4) is 0 Å². The number of hydrogen-bond acceptors (Lipinski definition) is 1. The molecule has 0 N–H and O–H groups in total. The van der Waals surface area contributed by atoms with Gasteiger partial charge >= 0.3 is 0 Å². The zero-order valence-corrected chi connectivity index (χ0v) is 24.9. The molecule has 0 bridgehead atoms. The lowest BCUT2D eigenvalue weighted by atomic mass is 9.83. The first-order valence-corrected chi connectivity index (χ1v) is 15.2. The highest BCUT2D eigenvalue weighted by molar-refractivity contribution is 6.24. The molecule has 0 atom stereocenters. The Bertz CT molecular complexity index is 2270. The van der Waals surface area contributed by atoms with E-state index in [1.165, 1.54) is 82.4 Å². The molecular weight excluding hydrogens is 530 g/mol. The third kappa shape index (κ3) is 4.29. The Balaban J connectivity index is 1.38. The third-order valence-electron chi connectivity index (χ3n) is 8.98. The summed E-state index contributed by atoms with van der Waals surface area (Å²) in [5, 5.41) is 7.59. The minimum Gasteiger partial charge on any atom is -0.261 e. The first-order valence-electron chi connectivity index (χ1n) is 15.2. The number of aromatic nitrogens is 1. The van der Waals surface area contributed by atoms with E-state index in [9.17, 15) is 0 Å². The van der Waals surface area contributed by atoms with Crippen molar-refractivity contribution in [2.45, 2.75) is 13.8 Å². The largest absolute Gasteiger partial charge is 0.261 e. The van der Waals surface area contributed by atoms with Crippen molar-refractivity contribution in [3.05, 3.63) is 163 Å². The molecule has 0 aliphatic heterocycles. The van der Waals surface area contributed by atoms with Crippen LogP contribution in [0.2, 0.25) is 0 Å². The zero-order valence-electron chi connectivity index (χ0n) is 24.9. The van der Waals surface area contributed by atoms with E-state index >= 15 is 0 Å². The van der Waals surface area contributed by atoms with E-state index in [0.29, 0.717) is 0 Å². The Labute approximate surface area is 258 Å². The van der Waals surface area contributed by atoms with Crippen molar-refractivity contribution in [1.82, 2.24) is 4.98 Å². The Kier molecular flexibility index (Phi) is 6.31. The average molecular weight is 562 g/mol. The normalized spacial score (nSPS) is 11.4. The fraction of sp³-hybridized carbons (Fsp3) is 0.0465. The van der Waals surface area contributed by atoms with E-state index in [-0.39, 0.29) is 0 Å². The van der Waals surface area contributed by atoms with Gasteiger partial charge in [-0.1, -0.05) is 145 Å². The van der Waals surface area contributed by atoms with E-state index in [1.807, 2.05) is 12.3 Å². The van der Waals surface area contributed by atoms with Crippen LogP contribution in [0, 0.1) is 13.8 Å². The van der Waals surface area contributed by atoms with Gasteiger partial charge in [0.15, 0.2) is 0 Å². The van der Waals surface area contributed by atoms with Gasteiger partial charge in [-0.3, -0.25) is 4.98 Å². The van der Waals surface area contributed by atoms with Crippen LogP contribution in [0.4, 0.5) is 0 Å². The number of fused-ring (bicyclic) bond motifs is 3. The summed E-state index contributed by atoms with van der Waals surface area (Å²) in [5.41, 5.74) is 12.2. The minimum absolute atomic E-state index is 1.04. The van der Waals surface area contributed by atoms with Crippen molar-refractivity contribution >= 4 is 32.3 Å². The van der Waals surface area contributed by atoms with E-state index in [1.54, 1.807) is 0 Å². The molecule has 1 heterocycles. The Morgan fingerprint density at radius 2 is 0.795 bits per heavy atom. The van der Waals surface area contributed by atoms with E-state index in [0.717, 1.165) is 5.69 Å². The number of pyridine rings is 1. The minimum atomic E-state index is 1.04. The first-order chi connectivity index (χ1) is 21.7. The molecule has 1 heteroatoms. The smallest absolute Gasteiger partial charge is 0.0450 e. The molecule has 0 radical (unpaired) electrons. The van der Waals surface area contributed by atoms with Gasteiger partial charge in [-0.2, -0.15) is 0 Å². The van der Waals surface area contributed by atoms with Crippen LogP contribution < -0.4 is 0 Å². The lowest BCUT2D eigenvalue weighted by molar-refractivity contribution is 1.20. The van der Waals surface area contributed by atoms with Gasteiger partial charge in [0.05, 0.1) is 0 Å². The summed E-state index contributed by atoms with van der Waals surface area (Å²) in [6, 6.07) is 53.3. The van der Waals surface area contributed by atoms with E-state index in [4.69, 9.17) is 0 Å². The maximum Gasteiger partial charge on any atom is 0.0450 e. The SMILES string of the molecule is Cc1ccc(-c2ccc(-c3c4ccccc4c(-c4ccc(-c5cccnc5C)cc4)c4ccccc34)c3ccccc23)cc1. The van der Waals surface area contributed by atoms with Crippen LogP contribution in [0.15, 0.2) is 152 Å². The summed E-state index contributed by atoms with van der Waals surface area (Å²) in [6.45, 7) is 4.21. The van der Waals surface area contributed by atoms with Crippen LogP contribution in [-0.2, 0) is 0 Å². The molecule has 0 aliphatic carbocycles. The first kappa shape index (κ1) is 26.1. The number of hydrogen-bond donors (Lipinski definition) is 0. The molecule has 0 fully saturated rings. The second-order valence-electron chi connectivity index (χ2n) is 11.6. The van der Waals surface area contributed by atoms with Crippen molar-refractivity contribution in [2.75, 3.05) is 0 Å². The van der Waals surface area contributed by atoms with Gasteiger partial charge in [0, 0.05) is 17.5 Å². The van der Waals surface area contributed by atoms with Crippen molar-refractivity contribution in [3.63, 3.8) is 0 Å². The summed E-state index contributed by atoms with van der Waals surface area (Å²) < 4.78 is 0. The molecular formula is C43H31N. The quantitative estimate of drug-likeness (QED) is 0.195. The lowest BCUT2D eigenvalue weighted by Crippen LogP contribution is -1.93. The lowest BCUT2D eigenvalue weighted by Gasteiger charge is -2.20. The molecule has 0 aliphatic rings. The van der Waals surface area contributed by atoms with Crippen LogP contribution >= 0.6 is 0 Å². The second kappa shape index (κ2) is 10.6. The summed E-state index contributed by atoms with van der Waals surface area (Å²) in [6.07, 6.45) is 1.85. The van der Waals surface area contributed by atoms with Gasteiger partial charge in [0.25, 0.3) is 0 Å². The van der Waals surface area contributed by atoms with Crippen molar-refractivity contribution < 1.29 is 0 Å². The predicted octanol–water partition coefficient (Wildman–Crippen LogP) is 11.8. The van der Waals surface area contributed by atoms with Gasteiger partial charge in [0.1, 0.15) is 0 Å². The summed E-state index contributed by atoms with van der Waals surface area (Å²) in [4.78, 5) is 4.50. The molecule has 0 spiro atoms. The molecule has 8 rings (SSSR count). The monoisotopic (exact) mass is 561 g/mol. The number of aryl methyl sites for hydroxylation is 2. The highest BCUT2D eigenvalue weighted by Crippen LogP contribution is 2.46. The summed E-state index contributed by atoms with van der Waals surface area (Å²) in [5.74, 6) is 0. The molecule has 0 saturated carbocycles. The van der Waals surface area contributed by atoms with Crippen molar-refractivity contribution in [3.8, 4) is 44.5 Å². The topological polar surface area (TPSA) is 12.9 Å². The highest BCUT2D eigenvalue weighted by atomic mass is 14.7. The number of benzene rings is 7. The van der Waals surface area contributed by atoms with Crippen LogP contribution in [0.5, 0.6) is 0 Å². The molecule has 1 nitrogen and oxygen atoms in total. The van der Waals surface area contributed by atoms with Gasteiger partial charge < -0.3 is 0 Å². The molecule has 7 aromatic carbocycles. The number of nitrogens with zero attached hydrogens (tertiary/aromatic N) is 1.